The average molecular weight is 250 g/mol. The molecule has 0 radical (unpaired) electrons. The number of para-hydroxylation sites is 1. The third-order valence-corrected chi connectivity index (χ3v) is 2.90. The number of rotatable bonds is 4. The molecule has 5 heteroatoms. The van der Waals surface area contributed by atoms with Crippen LogP contribution in [0.15, 0.2) is 24.3 Å². The maximum Gasteiger partial charge on any atom is 0.315 e. The number of hydrogen-bond acceptors (Lipinski definition) is 3. The van der Waals surface area contributed by atoms with Gasteiger partial charge >= 0.3 is 6.03 Å². The van der Waals surface area contributed by atoms with Gasteiger partial charge in [0.25, 0.3) is 0 Å². The lowest BCUT2D eigenvalue weighted by Crippen LogP contribution is -2.42. The van der Waals surface area contributed by atoms with Crippen molar-refractivity contribution in [3.05, 3.63) is 29.8 Å². The molecule has 1 aliphatic rings. The fourth-order valence-electron chi connectivity index (χ4n) is 1.91. The van der Waals surface area contributed by atoms with Gasteiger partial charge in [0.05, 0.1) is 19.8 Å². The fraction of sp³-hybridized carbons (Fsp3) is 0.462. The first-order valence-corrected chi connectivity index (χ1v) is 6.03. The number of methoxy groups -OCH3 is 1. The minimum absolute atomic E-state index is 0.127. The highest BCUT2D eigenvalue weighted by atomic mass is 16.5. The Morgan fingerprint density at radius 3 is 3.06 bits per heavy atom. The Hall–Kier alpha value is -1.75. The lowest BCUT2D eigenvalue weighted by atomic mass is 10.2. The van der Waals surface area contributed by atoms with Crippen molar-refractivity contribution in [3.8, 4) is 5.75 Å². The highest BCUT2D eigenvalue weighted by molar-refractivity contribution is 5.74. The topological polar surface area (TPSA) is 59.6 Å². The fourth-order valence-corrected chi connectivity index (χ4v) is 1.91. The summed E-state index contributed by atoms with van der Waals surface area (Å²) >= 11 is 0. The number of nitrogens with one attached hydrogen (secondary N) is 2. The summed E-state index contributed by atoms with van der Waals surface area (Å²) in [5.41, 5.74) is 0.956. The zero-order valence-electron chi connectivity index (χ0n) is 10.4. The van der Waals surface area contributed by atoms with Crippen LogP contribution in [0.1, 0.15) is 12.0 Å². The maximum absolute atomic E-state index is 11.7. The zero-order chi connectivity index (χ0) is 12.8. The lowest BCUT2D eigenvalue weighted by Gasteiger charge is -2.13. The summed E-state index contributed by atoms with van der Waals surface area (Å²) in [7, 11) is 1.62. The molecule has 0 aromatic heterocycles. The molecule has 1 unspecified atom stereocenters. The number of urea groups is 1. The standard InChI is InChI=1S/C13H18N2O3/c1-17-12-5-3-2-4-10(12)8-14-13(16)15-11-6-7-18-9-11/h2-5,11H,6-9H2,1H3,(H2,14,15,16). The van der Waals surface area contributed by atoms with Gasteiger partial charge in [0.1, 0.15) is 5.75 Å². The normalized spacial score (nSPS) is 18.4. The van der Waals surface area contributed by atoms with Gasteiger partial charge in [0.15, 0.2) is 0 Å². The first-order chi connectivity index (χ1) is 8.79. The van der Waals surface area contributed by atoms with Gasteiger partial charge in [-0.1, -0.05) is 18.2 Å². The Morgan fingerprint density at radius 1 is 1.50 bits per heavy atom. The first kappa shape index (κ1) is 12.7. The van der Waals surface area contributed by atoms with Crippen molar-refractivity contribution in [2.45, 2.75) is 19.0 Å². The predicted octanol–water partition coefficient (Wildman–Crippen LogP) is 1.28. The van der Waals surface area contributed by atoms with E-state index in [1.807, 2.05) is 24.3 Å². The van der Waals surface area contributed by atoms with E-state index in [4.69, 9.17) is 9.47 Å². The van der Waals surface area contributed by atoms with Gasteiger partial charge in [-0.2, -0.15) is 0 Å². The minimum Gasteiger partial charge on any atom is -0.496 e. The molecule has 18 heavy (non-hydrogen) atoms. The van der Waals surface area contributed by atoms with Crippen LogP contribution in [0, 0.1) is 0 Å². The molecule has 1 aromatic rings. The molecule has 1 atom stereocenters. The Kier molecular flexibility index (Phi) is 4.41. The van der Waals surface area contributed by atoms with Crippen LogP contribution >= 0.6 is 0 Å². The first-order valence-electron chi connectivity index (χ1n) is 6.03. The van der Waals surface area contributed by atoms with Gasteiger partial charge in [0, 0.05) is 18.7 Å². The number of amides is 2. The molecule has 2 amide bonds. The molecule has 0 saturated carbocycles. The SMILES string of the molecule is COc1ccccc1CNC(=O)NC1CCOC1. The largest absolute Gasteiger partial charge is 0.496 e. The molecule has 0 aliphatic carbocycles. The van der Waals surface area contributed by atoms with E-state index < -0.39 is 0 Å². The molecular weight excluding hydrogens is 232 g/mol. The summed E-state index contributed by atoms with van der Waals surface area (Å²) in [5, 5.41) is 5.69. The van der Waals surface area contributed by atoms with Gasteiger partial charge in [-0.05, 0) is 12.5 Å². The highest BCUT2D eigenvalue weighted by Crippen LogP contribution is 2.16. The number of hydrogen-bond donors (Lipinski definition) is 2. The monoisotopic (exact) mass is 250 g/mol. The van der Waals surface area contributed by atoms with Crippen molar-refractivity contribution in [3.63, 3.8) is 0 Å². The number of carbonyl (C=O) groups excluding carboxylic acids is 1. The summed E-state index contributed by atoms with van der Waals surface area (Å²) in [5.74, 6) is 0.780. The average Bonchev–Trinajstić information content (AvgIpc) is 2.89. The van der Waals surface area contributed by atoms with E-state index in [1.54, 1.807) is 7.11 Å². The molecule has 2 N–H and O–H groups in total. The van der Waals surface area contributed by atoms with E-state index in [1.165, 1.54) is 0 Å². The van der Waals surface area contributed by atoms with Crippen LogP contribution in [-0.2, 0) is 11.3 Å². The second-order valence-electron chi connectivity index (χ2n) is 4.20. The molecule has 1 heterocycles. The van der Waals surface area contributed by atoms with Crippen molar-refractivity contribution < 1.29 is 14.3 Å². The van der Waals surface area contributed by atoms with Crippen molar-refractivity contribution in [1.82, 2.24) is 10.6 Å². The third kappa shape index (κ3) is 3.37. The van der Waals surface area contributed by atoms with Crippen molar-refractivity contribution in [2.24, 2.45) is 0 Å². The van der Waals surface area contributed by atoms with Gasteiger partial charge in [0.2, 0.25) is 0 Å². The second-order valence-corrected chi connectivity index (χ2v) is 4.20. The summed E-state index contributed by atoms with van der Waals surface area (Å²) in [6.07, 6.45) is 0.877. The van der Waals surface area contributed by atoms with Crippen LogP contribution in [0.25, 0.3) is 0 Å². The molecule has 1 saturated heterocycles. The van der Waals surface area contributed by atoms with Crippen molar-refractivity contribution in [1.29, 1.82) is 0 Å². The summed E-state index contributed by atoms with van der Waals surface area (Å²) in [6.45, 7) is 1.77. The maximum atomic E-state index is 11.7. The molecule has 5 nitrogen and oxygen atoms in total. The van der Waals surface area contributed by atoms with Gasteiger partial charge in [-0.15, -0.1) is 0 Å². The van der Waals surface area contributed by atoms with Crippen LogP contribution < -0.4 is 15.4 Å². The van der Waals surface area contributed by atoms with E-state index in [-0.39, 0.29) is 12.1 Å². The van der Waals surface area contributed by atoms with E-state index in [9.17, 15) is 4.79 Å². The predicted molar refractivity (Wildman–Crippen MR) is 67.6 cm³/mol. The Morgan fingerprint density at radius 2 is 2.33 bits per heavy atom. The van der Waals surface area contributed by atoms with Crippen LogP contribution in [0.2, 0.25) is 0 Å². The van der Waals surface area contributed by atoms with Crippen LogP contribution in [0.4, 0.5) is 4.79 Å². The number of benzene rings is 1. The molecule has 1 aromatic carbocycles. The van der Waals surface area contributed by atoms with Crippen LogP contribution in [0.3, 0.4) is 0 Å². The molecule has 2 rings (SSSR count). The molecule has 98 valence electrons. The van der Waals surface area contributed by atoms with Crippen LogP contribution in [0.5, 0.6) is 5.75 Å². The van der Waals surface area contributed by atoms with Crippen LogP contribution in [-0.4, -0.2) is 32.4 Å². The van der Waals surface area contributed by atoms with Crippen molar-refractivity contribution >= 4 is 6.03 Å². The summed E-state index contributed by atoms with van der Waals surface area (Å²) in [4.78, 5) is 11.7. The minimum atomic E-state index is -0.170. The zero-order valence-corrected chi connectivity index (χ0v) is 10.4. The number of ether oxygens (including phenoxy) is 2. The van der Waals surface area contributed by atoms with Gasteiger partial charge in [-0.25, -0.2) is 4.79 Å². The summed E-state index contributed by atoms with van der Waals surface area (Å²) < 4.78 is 10.4. The lowest BCUT2D eigenvalue weighted by molar-refractivity contribution is 0.188. The van der Waals surface area contributed by atoms with Crippen molar-refractivity contribution in [2.75, 3.05) is 20.3 Å². The quantitative estimate of drug-likeness (QED) is 0.846. The molecule has 0 spiro atoms. The molecule has 1 fully saturated rings. The Balaban J connectivity index is 1.81. The second kappa shape index (κ2) is 6.26. The molecular formula is C13H18N2O3. The smallest absolute Gasteiger partial charge is 0.315 e. The molecule has 0 bridgehead atoms. The van der Waals surface area contributed by atoms with E-state index in [0.717, 1.165) is 24.3 Å². The van der Waals surface area contributed by atoms with E-state index in [0.29, 0.717) is 13.2 Å². The molecule has 1 aliphatic heterocycles. The van der Waals surface area contributed by atoms with Gasteiger partial charge < -0.3 is 20.1 Å². The van der Waals surface area contributed by atoms with Gasteiger partial charge in [-0.3, -0.25) is 0 Å². The third-order valence-electron chi connectivity index (χ3n) is 2.90. The van der Waals surface area contributed by atoms with E-state index in [2.05, 4.69) is 10.6 Å². The Labute approximate surface area is 106 Å². The highest BCUT2D eigenvalue weighted by Gasteiger charge is 2.17. The number of carbonyl (C=O) groups is 1. The summed E-state index contributed by atoms with van der Waals surface area (Å²) in [6, 6.07) is 7.58. The Bertz CT molecular complexity index is 403. The van der Waals surface area contributed by atoms with E-state index >= 15 is 0 Å².